The lowest BCUT2D eigenvalue weighted by Gasteiger charge is -2.21. The molecule has 22 heavy (non-hydrogen) atoms. The molecule has 0 aliphatic rings. The molecule has 1 heterocycles. The number of nitrogens with zero attached hydrogens (tertiary/aromatic N) is 2. The third-order valence-corrected chi connectivity index (χ3v) is 3.71. The van der Waals surface area contributed by atoms with Crippen molar-refractivity contribution in [1.29, 1.82) is 0 Å². The van der Waals surface area contributed by atoms with Crippen molar-refractivity contribution >= 4 is 10.9 Å². The van der Waals surface area contributed by atoms with Gasteiger partial charge in [0.05, 0.1) is 17.8 Å². The van der Waals surface area contributed by atoms with E-state index in [0.29, 0.717) is 6.54 Å². The number of hydrogen-bond donors (Lipinski definition) is 1. The Bertz CT molecular complexity index is 728. The van der Waals surface area contributed by atoms with Crippen LogP contribution in [0.25, 0.3) is 10.9 Å². The maximum absolute atomic E-state index is 9.30. The van der Waals surface area contributed by atoms with Gasteiger partial charge in [-0.2, -0.15) is 0 Å². The highest BCUT2D eigenvalue weighted by molar-refractivity contribution is 5.78. The lowest BCUT2D eigenvalue weighted by molar-refractivity contribution is 0.183. The molecule has 2 aromatic carbocycles. The van der Waals surface area contributed by atoms with Crippen LogP contribution in [-0.2, 0) is 13.1 Å². The third-order valence-electron chi connectivity index (χ3n) is 3.71. The molecule has 0 radical (unpaired) electrons. The molecule has 0 atom stereocenters. The summed E-state index contributed by atoms with van der Waals surface area (Å²) in [6.07, 6.45) is 0. The summed E-state index contributed by atoms with van der Waals surface area (Å²) in [4.78, 5) is 6.93. The Balaban J connectivity index is 1.76. The Morgan fingerprint density at radius 2 is 1.59 bits per heavy atom. The monoisotopic (exact) mass is 292 g/mol. The maximum Gasteiger partial charge on any atom is 0.0705 e. The predicted molar refractivity (Wildman–Crippen MR) is 89.4 cm³/mol. The molecule has 0 spiro atoms. The number of pyridine rings is 1. The Labute approximate surface area is 130 Å². The van der Waals surface area contributed by atoms with E-state index in [0.717, 1.165) is 29.7 Å². The van der Waals surface area contributed by atoms with Crippen LogP contribution in [0.4, 0.5) is 0 Å². The van der Waals surface area contributed by atoms with E-state index in [4.69, 9.17) is 4.98 Å². The molecule has 0 saturated carbocycles. The molecule has 1 aromatic heterocycles. The first kappa shape index (κ1) is 14.7. The quantitative estimate of drug-likeness (QED) is 0.758. The van der Waals surface area contributed by atoms with Gasteiger partial charge in [-0.15, -0.1) is 0 Å². The first-order chi connectivity index (χ1) is 10.8. The summed E-state index contributed by atoms with van der Waals surface area (Å²) in [5.41, 5.74) is 3.29. The molecule has 0 amide bonds. The number of aromatic nitrogens is 1. The zero-order valence-electron chi connectivity index (χ0n) is 12.5. The van der Waals surface area contributed by atoms with Crippen LogP contribution < -0.4 is 0 Å². The lowest BCUT2D eigenvalue weighted by atomic mass is 10.2. The first-order valence-corrected chi connectivity index (χ1v) is 7.57. The van der Waals surface area contributed by atoms with Crippen LogP contribution in [0.1, 0.15) is 11.3 Å². The Morgan fingerprint density at radius 1 is 0.818 bits per heavy atom. The fourth-order valence-corrected chi connectivity index (χ4v) is 2.62. The van der Waals surface area contributed by atoms with E-state index in [1.165, 1.54) is 5.56 Å². The van der Waals surface area contributed by atoms with E-state index in [9.17, 15) is 5.11 Å². The van der Waals surface area contributed by atoms with E-state index in [2.05, 4.69) is 35.2 Å². The Morgan fingerprint density at radius 3 is 2.41 bits per heavy atom. The van der Waals surface area contributed by atoms with Crippen LogP contribution in [0.2, 0.25) is 0 Å². The number of benzene rings is 2. The van der Waals surface area contributed by atoms with Gasteiger partial charge in [0, 0.05) is 25.0 Å². The van der Waals surface area contributed by atoms with Gasteiger partial charge in [0.2, 0.25) is 0 Å². The molecule has 1 N–H and O–H groups in total. The highest BCUT2D eigenvalue weighted by atomic mass is 16.3. The van der Waals surface area contributed by atoms with Crippen molar-refractivity contribution in [3.8, 4) is 0 Å². The molecular formula is C19H20N2O. The van der Waals surface area contributed by atoms with Gasteiger partial charge in [0.15, 0.2) is 0 Å². The number of para-hydroxylation sites is 1. The van der Waals surface area contributed by atoms with E-state index in [1.54, 1.807) is 0 Å². The fraction of sp³-hybridized carbons (Fsp3) is 0.211. The lowest BCUT2D eigenvalue weighted by Crippen LogP contribution is -2.26. The molecule has 0 saturated heterocycles. The van der Waals surface area contributed by atoms with Crippen LogP contribution in [0.5, 0.6) is 0 Å². The molecule has 3 nitrogen and oxygen atoms in total. The molecule has 112 valence electrons. The zero-order chi connectivity index (χ0) is 15.2. The first-order valence-electron chi connectivity index (χ1n) is 7.57. The van der Waals surface area contributed by atoms with Crippen molar-refractivity contribution in [2.45, 2.75) is 13.1 Å². The van der Waals surface area contributed by atoms with E-state index in [-0.39, 0.29) is 6.61 Å². The van der Waals surface area contributed by atoms with Crippen molar-refractivity contribution in [3.05, 3.63) is 78.0 Å². The molecule has 0 fully saturated rings. The van der Waals surface area contributed by atoms with Gasteiger partial charge in [-0.05, 0) is 17.7 Å². The van der Waals surface area contributed by atoms with Crippen molar-refractivity contribution in [1.82, 2.24) is 9.88 Å². The fourth-order valence-electron chi connectivity index (χ4n) is 2.62. The summed E-state index contributed by atoms with van der Waals surface area (Å²) in [5.74, 6) is 0. The molecule has 3 rings (SSSR count). The second-order valence-electron chi connectivity index (χ2n) is 5.42. The smallest absolute Gasteiger partial charge is 0.0705 e. The van der Waals surface area contributed by atoms with Crippen molar-refractivity contribution in [2.75, 3.05) is 13.2 Å². The molecular weight excluding hydrogens is 272 g/mol. The van der Waals surface area contributed by atoms with Crippen molar-refractivity contribution < 1.29 is 5.11 Å². The Kier molecular flexibility index (Phi) is 4.78. The van der Waals surface area contributed by atoms with Gasteiger partial charge in [-0.1, -0.05) is 54.6 Å². The summed E-state index contributed by atoms with van der Waals surface area (Å²) < 4.78 is 0. The average molecular weight is 292 g/mol. The van der Waals surface area contributed by atoms with Gasteiger partial charge in [-0.3, -0.25) is 9.88 Å². The molecule has 0 unspecified atom stereocenters. The summed E-state index contributed by atoms with van der Waals surface area (Å²) in [5, 5.41) is 10.5. The zero-order valence-corrected chi connectivity index (χ0v) is 12.5. The van der Waals surface area contributed by atoms with E-state index in [1.807, 2.05) is 36.4 Å². The molecule has 0 aliphatic carbocycles. The average Bonchev–Trinajstić information content (AvgIpc) is 2.56. The van der Waals surface area contributed by atoms with E-state index >= 15 is 0 Å². The number of fused-ring (bicyclic) bond motifs is 1. The number of aliphatic hydroxyl groups excluding tert-OH is 1. The molecule has 0 bridgehead atoms. The highest BCUT2D eigenvalue weighted by Gasteiger charge is 2.08. The summed E-state index contributed by atoms with van der Waals surface area (Å²) in [7, 11) is 0. The van der Waals surface area contributed by atoms with Gasteiger partial charge >= 0.3 is 0 Å². The minimum atomic E-state index is 0.153. The van der Waals surface area contributed by atoms with E-state index < -0.39 is 0 Å². The molecule has 0 aliphatic heterocycles. The van der Waals surface area contributed by atoms with Crippen LogP contribution in [0.3, 0.4) is 0 Å². The topological polar surface area (TPSA) is 36.4 Å². The SMILES string of the molecule is OCCN(Cc1ccccc1)Cc1ccc2ccccc2n1. The van der Waals surface area contributed by atoms with Crippen LogP contribution in [0.15, 0.2) is 66.7 Å². The number of aliphatic hydroxyl groups is 1. The summed E-state index contributed by atoms with van der Waals surface area (Å²) in [6.45, 7) is 2.35. The summed E-state index contributed by atoms with van der Waals surface area (Å²) >= 11 is 0. The maximum atomic E-state index is 9.30. The largest absolute Gasteiger partial charge is 0.395 e. The second-order valence-corrected chi connectivity index (χ2v) is 5.42. The number of rotatable bonds is 6. The number of hydrogen-bond acceptors (Lipinski definition) is 3. The van der Waals surface area contributed by atoms with Gasteiger partial charge in [-0.25, -0.2) is 0 Å². The van der Waals surface area contributed by atoms with Gasteiger partial charge in [0.25, 0.3) is 0 Å². The summed E-state index contributed by atoms with van der Waals surface area (Å²) in [6, 6.07) is 22.6. The second kappa shape index (κ2) is 7.16. The van der Waals surface area contributed by atoms with Gasteiger partial charge < -0.3 is 5.11 Å². The van der Waals surface area contributed by atoms with Crippen LogP contribution in [-0.4, -0.2) is 28.1 Å². The minimum Gasteiger partial charge on any atom is -0.395 e. The standard InChI is InChI=1S/C19H20N2O/c22-13-12-21(14-16-6-2-1-3-7-16)15-18-11-10-17-8-4-5-9-19(17)20-18/h1-11,22H,12-15H2. The van der Waals surface area contributed by atoms with Crippen molar-refractivity contribution in [3.63, 3.8) is 0 Å². The van der Waals surface area contributed by atoms with Crippen LogP contribution >= 0.6 is 0 Å². The highest BCUT2D eigenvalue weighted by Crippen LogP contribution is 2.14. The minimum absolute atomic E-state index is 0.153. The van der Waals surface area contributed by atoms with Crippen molar-refractivity contribution in [2.24, 2.45) is 0 Å². The molecule has 3 aromatic rings. The predicted octanol–water partition coefficient (Wildman–Crippen LogP) is 3.23. The molecule has 3 heteroatoms. The normalized spacial score (nSPS) is 11.2. The van der Waals surface area contributed by atoms with Crippen LogP contribution in [0, 0.1) is 0 Å². The van der Waals surface area contributed by atoms with Gasteiger partial charge in [0.1, 0.15) is 0 Å². The third kappa shape index (κ3) is 3.70. The Hall–Kier alpha value is -2.23.